The van der Waals surface area contributed by atoms with E-state index in [-0.39, 0.29) is 0 Å². The summed E-state index contributed by atoms with van der Waals surface area (Å²) in [4.78, 5) is 0. The van der Waals surface area contributed by atoms with Gasteiger partial charge in [-0.2, -0.15) is 0 Å². The first-order valence-corrected chi connectivity index (χ1v) is 7.09. The molecule has 0 aliphatic rings. The number of halogens is 1. The molecule has 1 heterocycles. The fraction of sp³-hybridized carbons (Fsp3) is 0.273. The molecule has 0 aliphatic carbocycles. The lowest BCUT2D eigenvalue weighted by Gasteiger charge is -2.09. The summed E-state index contributed by atoms with van der Waals surface area (Å²) >= 11 is 6.20. The smallest absolute Gasteiger partial charge is 0.221 e. The van der Waals surface area contributed by atoms with Crippen LogP contribution in [0.15, 0.2) is 29.7 Å². The third-order valence-corrected chi connectivity index (χ3v) is 3.70. The van der Waals surface area contributed by atoms with Gasteiger partial charge in [-0.05, 0) is 11.6 Å². The molecule has 5 nitrogen and oxygen atoms in total. The topological polar surface area (TPSA) is 57.0 Å². The Hall–Kier alpha value is -1.40. The van der Waals surface area contributed by atoms with Crippen LogP contribution in [0.1, 0.15) is 5.56 Å². The molecule has 18 heavy (non-hydrogen) atoms. The monoisotopic (exact) mass is 285 g/mol. The summed E-state index contributed by atoms with van der Waals surface area (Å²) in [6.07, 6.45) is 3.10. The van der Waals surface area contributed by atoms with Crippen LogP contribution in [0.2, 0.25) is 5.02 Å². The van der Waals surface area contributed by atoms with Gasteiger partial charge in [-0.25, -0.2) is 0 Å². The van der Waals surface area contributed by atoms with Crippen molar-refractivity contribution in [2.75, 3.05) is 13.4 Å². The quantitative estimate of drug-likeness (QED) is 0.858. The first kappa shape index (κ1) is 13.0. The lowest BCUT2D eigenvalue weighted by molar-refractivity contribution is 0.414. The van der Waals surface area contributed by atoms with Gasteiger partial charge < -0.3 is 9.30 Å². The number of hydrogen-bond acceptors (Lipinski definition) is 4. The van der Waals surface area contributed by atoms with Crippen molar-refractivity contribution in [2.24, 2.45) is 0 Å². The largest absolute Gasteiger partial charge is 0.495 e. The summed E-state index contributed by atoms with van der Waals surface area (Å²) in [5.41, 5.74) is 0.863. The second kappa shape index (κ2) is 5.49. The van der Waals surface area contributed by atoms with Gasteiger partial charge in [0, 0.05) is 6.26 Å². The highest BCUT2D eigenvalue weighted by Gasteiger charge is 2.11. The van der Waals surface area contributed by atoms with Crippen molar-refractivity contribution in [3.63, 3.8) is 0 Å². The molecule has 1 atom stereocenters. The highest BCUT2D eigenvalue weighted by Crippen LogP contribution is 2.28. The fourth-order valence-electron chi connectivity index (χ4n) is 1.59. The maximum absolute atomic E-state index is 11.5. The van der Waals surface area contributed by atoms with Crippen LogP contribution in [0.3, 0.4) is 0 Å². The minimum absolute atomic E-state index is 0.425. The molecule has 0 fully saturated rings. The third kappa shape index (κ3) is 2.54. The predicted molar refractivity (Wildman–Crippen MR) is 69.5 cm³/mol. The number of methoxy groups -OCH3 is 1. The summed E-state index contributed by atoms with van der Waals surface area (Å²) in [7, 11) is 0.384. The Balaban J connectivity index is 2.34. The SMILES string of the molecule is COc1cccc(Cn2cnnc2S(C)=O)c1Cl. The zero-order valence-corrected chi connectivity index (χ0v) is 11.5. The predicted octanol–water partition coefficient (Wildman–Crippen LogP) is 1.73. The van der Waals surface area contributed by atoms with Crippen molar-refractivity contribution >= 4 is 22.4 Å². The molecule has 96 valence electrons. The lowest BCUT2D eigenvalue weighted by atomic mass is 10.2. The molecule has 1 unspecified atom stereocenters. The Morgan fingerprint density at radius 3 is 2.94 bits per heavy atom. The molecule has 1 aromatic heterocycles. The molecule has 0 amide bonds. The van der Waals surface area contributed by atoms with Crippen LogP contribution in [-0.2, 0) is 17.3 Å². The van der Waals surface area contributed by atoms with E-state index >= 15 is 0 Å². The molecular formula is C11H12ClN3O2S. The second-order valence-corrected chi connectivity index (χ2v) is 5.28. The Bertz CT molecular complexity index is 585. The maximum Gasteiger partial charge on any atom is 0.221 e. The highest BCUT2D eigenvalue weighted by atomic mass is 35.5. The van der Waals surface area contributed by atoms with Gasteiger partial charge >= 0.3 is 0 Å². The van der Waals surface area contributed by atoms with Crippen LogP contribution in [0.5, 0.6) is 5.75 Å². The van der Waals surface area contributed by atoms with E-state index in [4.69, 9.17) is 16.3 Å². The molecular weight excluding hydrogens is 274 g/mol. The minimum atomic E-state index is -1.18. The third-order valence-electron chi connectivity index (χ3n) is 2.44. The van der Waals surface area contributed by atoms with Crippen LogP contribution in [0, 0.1) is 0 Å². The number of aromatic nitrogens is 3. The Labute approximate surface area is 112 Å². The Morgan fingerprint density at radius 1 is 1.50 bits per heavy atom. The number of ether oxygens (including phenoxy) is 1. The van der Waals surface area contributed by atoms with Crippen molar-refractivity contribution in [3.8, 4) is 5.75 Å². The van der Waals surface area contributed by atoms with Crippen LogP contribution in [-0.4, -0.2) is 32.3 Å². The summed E-state index contributed by atoms with van der Waals surface area (Å²) < 4.78 is 18.3. The molecule has 7 heteroatoms. The molecule has 2 rings (SSSR count). The van der Waals surface area contributed by atoms with E-state index in [0.29, 0.717) is 22.5 Å². The van der Waals surface area contributed by atoms with Crippen molar-refractivity contribution in [2.45, 2.75) is 11.7 Å². The summed E-state index contributed by atoms with van der Waals surface area (Å²) in [5, 5.41) is 8.55. The van der Waals surface area contributed by atoms with Gasteiger partial charge in [-0.1, -0.05) is 23.7 Å². The van der Waals surface area contributed by atoms with E-state index in [1.54, 1.807) is 24.0 Å². The second-order valence-electron chi connectivity index (χ2n) is 3.63. The van der Waals surface area contributed by atoms with Gasteiger partial charge in [-0.3, -0.25) is 4.21 Å². The molecule has 0 spiro atoms. The molecule has 0 N–H and O–H groups in total. The number of nitrogens with zero attached hydrogens (tertiary/aromatic N) is 3. The van der Waals surface area contributed by atoms with E-state index < -0.39 is 10.8 Å². The first-order valence-electron chi connectivity index (χ1n) is 5.16. The average molecular weight is 286 g/mol. The van der Waals surface area contributed by atoms with E-state index in [9.17, 15) is 4.21 Å². The van der Waals surface area contributed by atoms with Gasteiger partial charge in [-0.15, -0.1) is 10.2 Å². The summed E-state index contributed by atoms with van der Waals surface area (Å²) in [5.74, 6) is 0.612. The Morgan fingerprint density at radius 2 is 2.28 bits per heavy atom. The van der Waals surface area contributed by atoms with Gasteiger partial charge in [0.15, 0.2) is 0 Å². The van der Waals surface area contributed by atoms with E-state index in [0.717, 1.165) is 5.56 Å². The zero-order chi connectivity index (χ0) is 13.1. The van der Waals surface area contributed by atoms with Gasteiger partial charge in [0.25, 0.3) is 0 Å². The number of benzene rings is 1. The van der Waals surface area contributed by atoms with Gasteiger partial charge in [0.2, 0.25) is 5.16 Å². The standard InChI is InChI=1S/C11H12ClN3O2S/c1-17-9-5-3-4-8(10(9)12)6-15-7-13-14-11(15)18(2)16/h3-5,7H,6H2,1-2H3. The number of rotatable bonds is 4. The zero-order valence-electron chi connectivity index (χ0n) is 9.96. The van der Waals surface area contributed by atoms with Gasteiger partial charge in [0.05, 0.1) is 29.5 Å². The highest BCUT2D eigenvalue weighted by molar-refractivity contribution is 7.84. The van der Waals surface area contributed by atoms with Crippen LogP contribution in [0.4, 0.5) is 0 Å². The van der Waals surface area contributed by atoms with Crippen molar-refractivity contribution in [1.29, 1.82) is 0 Å². The molecule has 0 saturated heterocycles. The molecule has 0 bridgehead atoms. The van der Waals surface area contributed by atoms with Crippen molar-refractivity contribution in [3.05, 3.63) is 35.1 Å². The van der Waals surface area contributed by atoms with Crippen LogP contribution < -0.4 is 4.74 Å². The summed E-state index contributed by atoms with van der Waals surface area (Å²) in [6.45, 7) is 0.456. The van der Waals surface area contributed by atoms with Crippen LogP contribution in [0.25, 0.3) is 0 Å². The summed E-state index contributed by atoms with van der Waals surface area (Å²) in [6, 6.07) is 5.52. The van der Waals surface area contributed by atoms with E-state index in [1.807, 2.05) is 12.1 Å². The average Bonchev–Trinajstić information content (AvgIpc) is 2.80. The molecule has 1 aromatic carbocycles. The molecule has 0 saturated carbocycles. The normalized spacial score (nSPS) is 12.4. The minimum Gasteiger partial charge on any atom is -0.495 e. The fourth-order valence-corrected chi connectivity index (χ4v) is 2.46. The number of hydrogen-bond donors (Lipinski definition) is 0. The van der Waals surface area contributed by atoms with Crippen molar-refractivity contribution < 1.29 is 8.95 Å². The maximum atomic E-state index is 11.5. The Kier molecular flexibility index (Phi) is 3.98. The van der Waals surface area contributed by atoms with Gasteiger partial charge in [0.1, 0.15) is 12.1 Å². The molecule has 2 aromatic rings. The first-order chi connectivity index (χ1) is 8.63. The lowest BCUT2D eigenvalue weighted by Crippen LogP contribution is -2.06. The van der Waals surface area contributed by atoms with Crippen molar-refractivity contribution in [1.82, 2.24) is 14.8 Å². The van der Waals surface area contributed by atoms with E-state index in [1.165, 1.54) is 6.33 Å². The molecule has 0 radical (unpaired) electrons. The molecule has 0 aliphatic heterocycles. The van der Waals surface area contributed by atoms with E-state index in [2.05, 4.69) is 10.2 Å². The van der Waals surface area contributed by atoms with Crippen LogP contribution >= 0.6 is 11.6 Å².